The number of anilines is 2. The van der Waals surface area contributed by atoms with Gasteiger partial charge in [-0.05, 0) is 47.0 Å². The van der Waals surface area contributed by atoms with E-state index in [2.05, 4.69) is 67.1 Å². The molecule has 0 amide bonds. The van der Waals surface area contributed by atoms with E-state index < -0.39 is 0 Å². The first-order valence-electron chi connectivity index (χ1n) is 6.15. The molecule has 1 N–H and O–H groups in total. The monoisotopic (exact) mass is 383 g/mol. The van der Waals surface area contributed by atoms with Crippen molar-refractivity contribution in [2.45, 2.75) is 26.7 Å². The van der Waals surface area contributed by atoms with Crippen molar-refractivity contribution in [3.05, 3.63) is 44.7 Å². The van der Waals surface area contributed by atoms with Crippen LogP contribution in [0.5, 0.6) is 0 Å². The number of hydrogen-bond donors (Lipinski definition) is 1. The summed E-state index contributed by atoms with van der Waals surface area (Å²) in [5.41, 5.74) is 2.22. The van der Waals surface area contributed by atoms with E-state index in [1.54, 1.807) is 0 Å². The molecule has 0 atom stereocenters. The number of rotatable bonds is 4. The van der Waals surface area contributed by atoms with E-state index in [9.17, 15) is 0 Å². The van der Waals surface area contributed by atoms with E-state index in [4.69, 9.17) is 0 Å². The number of benzene rings is 1. The van der Waals surface area contributed by atoms with E-state index in [-0.39, 0.29) is 0 Å². The molecule has 0 radical (unpaired) electrons. The van der Waals surface area contributed by atoms with Crippen LogP contribution in [0.25, 0.3) is 0 Å². The molecule has 1 aromatic carbocycles. The van der Waals surface area contributed by atoms with Crippen LogP contribution >= 0.6 is 31.9 Å². The molecule has 1 aromatic heterocycles. The molecule has 0 unspecified atom stereocenters. The number of hydrogen-bond acceptors (Lipinski definition) is 3. The minimum absolute atomic E-state index is 0.807. The van der Waals surface area contributed by atoms with Crippen LogP contribution in [0.1, 0.15) is 24.7 Å². The van der Waals surface area contributed by atoms with Crippen LogP contribution in [0.3, 0.4) is 0 Å². The third kappa shape index (κ3) is 4.01. The Kier molecular flexibility index (Phi) is 4.93. The second-order valence-electron chi connectivity index (χ2n) is 4.33. The highest BCUT2D eigenvalue weighted by Gasteiger charge is 2.05. The van der Waals surface area contributed by atoms with Crippen LogP contribution in [-0.4, -0.2) is 9.97 Å². The van der Waals surface area contributed by atoms with E-state index in [0.717, 1.165) is 39.2 Å². The normalized spacial score (nSPS) is 10.5. The molecule has 19 heavy (non-hydrogen) atoms. The molecule has 100 valence electrons. The Morgan fingerprint density at radius 3 is 2.68 bits per heavy atom. The summed E-state index contributed by atoms with van der Waals surface area (Å²) >= 11 is 6.91. The minimum atomic E-state index is 0.807. The predicted molar refractivity (Wildman–Crippen MR) is 85.9 cm³/mol. The fourth-order valence-electron chi connectivity index (χ4n) is 1.73. The summed E-state index contributed by atoms with van der Waals surface area (Å²) < 4.78 is 1.85. The van der Waals surface area contributed by atoms with Gasteiger partial charge in [0, 0.05) is 22.6 Å². The molecule has 0 aliphatic carbocycles. The van der Waals surface area contributed by atoms with E-state index in [1.165, 1.54) is 5.56 Å². The number of aryl methyl sites for hydroxylation is 2. The highest BCUT2D eigenvalue weighted by atomic mass is 79.9. The van der Waals surface area contributed by atoms with Crippen molar-refractivity contribution >= 4 is 43.4 Å². The molecule has 3 nitrogen and oxygen atoms in total. The van der Waals surface area contributed by atoms with Gasteiger partial charge in [-0.3, -0.25) is 0 Å². The highest BCUT2D eigenvalue weighted by Crippen LogP contribution is 2.24. The summed E-state index contributed by atoms with van der Waals surface area (Å²) in [6, 6.07) is 8.03. The van der Waals surface area contributed by atoms with Gasteiger partial charge >= 0.3 is 0 Å². The maximum atomic E-state index is 4.52. The maximum absolute atomic E-state index is 4.52. The summed E-state index contributed by atoms with van der Waals surface area (Å²) in [6.07, 6.45) is 1.91. The standard InChI is InChI=1S/C14H15Br2N3/c1-3-4-13-18-12(16)8-14(19-13)17-11-7-10(15)6-5-9(11)2/h5-8H,3-4H2,1-2H3,(H,17,18,19). The lowest BCUT2D eigenvalue weighted by molar-refractivity contribution is 0.831. The fraction of sp³-hybridized carbons (Fsp3) is 0.286. The molecule has 0 aliphatic heterocycles. The van der Waals surface area contributed by atoms with Gasteiger partial charge in [-0.2, -0.15) is 0 Å². The van der Waals surface area contributed by atoms with Crippen molar-refractivity contribution in [1.29, 1.82) is 0 Å². The van der Waals surface area contributed by atoms with Crippen molar-refractivity contribution in [2.24, 2.45) is 0 Å². The van der Waals surface area contributed by atoms with Crippen LogP contribution in [0.4, 0.5) is 11.5 Å². The van der Waals surface area contributed by atoms with Crippen molar-refractivity contribution in [2.75, 3.05) is 5.32 Å². The largest absolute Gasteiger partial charge is 0.340 e. The molecule has 0 aliphatic rings. The van der Waals surface area contributed by atoms with Gasteiger partial charge in [-0.1, -0.05) is 28.9 Å². The molecular weight excluding hydrogens is 370 g/mol. The number of halogens is 2. The molecule has 0 bridgehead atoms. The molecule has 5 heteroatoms. The molecule has 0 saturated heterocycles. The van der Waals surface area contributed by atoms with Gasteiger partial charge in [0.15, 0.2) is 0 Å². The van der Waals surface area contributed by atoms with Crippen molar-refractivity contribution in [3.8, 4) is 0 Å². The number of aromatic nitrogens is 2. The van der Waals surface area contributed by atoms with E-state index in [0.29, 0.717) is 0 Å². The zero-order chi connectivity index (χ0) is 13.8. The lowest BCUT2D eigenvalue weighted by Gasteiger charge is -2.10. The third-order valence-electron chi connectivity index (χ3n) is 2.68. The Hall–Kier alpha value is -0.940. The average molecular weight is 385 g/mol. The maximum Gasteiger partial charge on any atom is 0.135 e. The zero-order valence-electron chi connectivity index (χ0n) is 10.9. The first-order valence-corrected chi connectivity index (χ1v) is 7.73. The Labute approximate surface area is 130 Å². The summed E-state index contributed by atoms with van der Waals surface area (Å²) in [5, 5.41) is 3.34. The van der Waals surface area contributed by atoms with Crippen LogP contribution in [-0.2, 0) is 6.42 Å². The fourth-order valence-corrected chi connectivity index (χ4v) is 2.51. The molecule has 0 saturated carbocycles. The predicted octanol–water partition coefficient (Wildman–Crippen LogP) is 5.01. The van der Waals surface area contributed by atoms with E-state index in [1.807, 2.05) is 18.2 Å². The molecule has 0 fully saturated rings. The average Bonchev–Trinajstić information content (AvgIpc) is 2.33. The Morgan fingerprint density at radius 2 is 1.95 bits per heavy atom. The third-order valence-corrected chi connectivity index (χ3v) is 3.58. The lowest BCUT2D eigenvalue weighted by Crippen LogP contribution is -2.01. The Balaban J connectivity index is 2.29. The van der Waals surface area contributed by atoms with Crippen LogP contribution in [0.15, 0.2) is 33.3 Å². The van der Waals surface area contributed by atoms with Gasteiger partial charge < -0.3 is 5.32 Å². The summed E-state index contributed by atoms with van der Waals surface area (Å²) in [5.74, 6) is 1.67. The van der Waals surface area contributed by atoms with Gasteiger partial charge in [-0.25, -0.2) is 9.97 Å². The second-order valence-corrected chi connectivity index (χ2v) is 6.05. The van der Waals surface area contributed by atoms with Gasteiger partial charge in [-0.15, -0.1) is 0 Å². The van der Waals surface area contributed by atoms with E-state index >= 15 is 0 Å². The van der Waals surface area contributed by atoms with Crippen molar-refractivity contribution in [1.82, 2.24) is 9.97 Å². The smallest absolute Gasteiger partial charge is 0.135 e. The first kappa shape index (κ1) is 14.5. The number of nitrogens with one attached hydrogen (secondary N) is 1. The van der Waals surface area contributed by atoms with Gasteiger partial charge in [0.2, 0.25) is 0 Å². The van der Waals surface area contributed by atoms with Gasteiger partial charge in [0.1, 0.15) is 16.2 Å². The van der Waals surface area contributed by atoms with Gasteiger partial charge in [0.25, 0.3) is 0 Å². The lowest BCUT2D eigenvalue weighted by atomic mass is 10.2. The topological polar surface area (TPSA) is 37.8 Å². The molecule has 1 heterocycles. The SMILES string of the molecule is CCCc1nc(Br)cc(Nc2cc(Br)ccc2C)n1. The minimum Gasteiger partial charge on any atom is -0.340 e. The number of nitrogens with zero attached hydrogens (tertiary/aromatic N) is 2. The zero-order valence-corrected chi connectivity index (χ0v) is 14.0. The summed E-state index contributed by atoms with van der Waals surface area (Å²) in [4.78, 5) is 8.88. The van der Waals surface area contributed by atoms with Crippen molar-refractivity contribution in [3.63, 3.8) is 0 Å². The molecule has 2 rings (SSSR count). The van der Waals surface area contributed by atoms with Crippen LogP contribution in [0.2, 0.25) is 0 Å². The Bertz CT molecular complexity index is 585. The molecule has 2 aromatic rings. The highest BCUT2D eigenvalue weighted by molar-refractivity contribution is 9.10. The Morgan fingerprint density at radius 1 is 1.16 bits per heavy atom. The van der Waals surface area contributed by atoms with Crippen LogP contribution in [0, 0.1) is 6.92 Å². The summed E-state index contributed by atoms with van der Waals surface area (Å²) in [7, 11) is 0. The van der Waals surface area contributed by atoms with Gasteiger partial charge in [0.05, 0.1) is 0 Å². The van der Waals surface area contributed by atoms with Crippen molar-refractivity contribution < 1.29 is 0 Å². The van der Waals surface area contributed by atoms with Crippen LogP contribution < -0.4 is 5.32 Å². The molecular formula is C14H15Br2N3. The second kappa shape index (κ2) is 6.48. The molecule has 0 spiro atoms. The quantitative estimate of drug-likeness (QED) is 0.753. The summed E-state index contributed by atoms with van der Waals surface area (Å²) in [6.45, 7) is 4.19. The first-order chi connectivity index (χ1) is 9.08.